The van der Waals surface area contributed by atoms with Gasteiger partial charge in [0.15, 0.2) is 0 Å². The molecule has 0 radical (unpaired) electrons. The largest absolute Gasteiger partial charge is 0.468 e. The van der Waals surface area contributed by atoms with Crippen molar-refractivity contribution in [3.05, 3.63) is 77.8 Å². The summed E-state index contributed by atoms with van der Waals surface area (Å²) >= 11 is 0. The molecule has 0 spiro atoms. The van der Waals surface area contributed by atoms with Crippen molar-refractivity contribution in [2.75, 3.05) is 6.54 Å². The first-order chi connectivity index (χ1) is 14.2. The molecule has 3 aromatic rings. The topological polar surface area (TPSA) is 45.5 Å². The predicted octanol–water partition coefficient (Wildman–Crippen LogP) is 4.76. The van der Waals surface area contributed by atoms with Crippen LogP contribution >= 0.6 is 0 Å². The number of amides is 1. The van der Waals surface area contributed by atoms with E-state index in [-0.39, 0.29) is 5.91 Å². The van der Waals surface area contributed by atoms with Crippen LogP contribution in [0.4, 0.5) is 0 Å². The van der Waals surface area contributed by atoms with Gasteiger partial charge in [0, 0.05) is 25.6 Å². The summed E-state index contributed by atoms with van der Waals surface area (Å²) in [6, 6.07) is 20.1. The monoisotopic (exact) mass is 386 g/mol. The number of carbonyl (C=O) groups is 1. The maximum atomic E-state index is 11.7. The molecule has 29 heavy (non-hydrogen) atoms. The summed E-state index contributed by atoms with van der Waals surface area (Å²) in [5.41, 5.74) is 4.06. The lowest BCUT2D eigenvalue weighted by molar-refractivity contribution is -0.118. The van der Waals surface area contributed by atoms with Crippen LogP contribution in [0, 0.1) is 0 Å². The quantitative estimate of drug-likeness (QED) is 0.688. The van der Waals surface area contributed by atoms with Crippen LogP contribution in [-0.2, 0) is 11.3 Å². The number of nitrogens with zero attached hydrogens (tertiary/aromatic N) is 1. The number of hydrogen-bond acceptors (Lipinski definition) is 3. The molecule has 2 aliphatic heterocycles. The molecule has 1 saturated heterocycles. The van der Waals surface area contributed by atoms with Gasteiger partial charge in [0.1, 0.15) is 5.76 Å². The summed E-state index contributed by atoms with van der Waals surface area (Å²) in [7, 11) is 0. The normalized spacial score (nSPS) is 21.7. The van der Waals surface area contributed by atoms with Crippen LogP contribution in [0.15, 0.2) is 70.9 Å². The van der Waals surface area contributed by atoms with E-state index < -0.39 is 0 Å². The highest BCUT2D eigenvalue weighted by atomic mass is 16.3. The Morgan fingerprint density at radius 1 is 1.10 bits per heavy atom. The third kappa shape index (κ3) is 3.49. The van der Waals surface area contributed by atoms with Crippen LogP contribution in [0.3, 0.4) is 0 Å². The summed E-state index contributed by atoms with van der Waals surface area (Å²) < 4.78 is 5.63. The van der Waals surface area contributed by atoms with Gasteiger partial charge in [-0.3, -0.25) is 9.69 Å². The van der Waals surface area contributed by atoms with Gasteiger partial charge in [-0.1, -0.05) is 36.4 Å². The van der Waals surface area contributed by atoms with Gasteiger partial charge in [-0.2, -0.15) is 0 Å². The SMILES string of the molecule is CC(=O)NCC1=C(c2ccc3ccccc3c2)C[C@@H]2CC[C@H]1N2Cc1ccco1. The van der Waals surface area contributed by atoms with E-state index in [2.05, 4.69) is 58.7 Å². The summed E-state index contributed by atoms with van der Waals surface area (Å²) in [5, 5.41) is 5.60. The molecule has 148 valence electrons. The molecule has 1 amide bonds. The third-order valence-corrected chi connectivity index (χ3v) is 6.42. The number of furan rings is 1. The first-order valence-electron chi connectivity index (χ1n) is 10.4. The van der Waals surface area contributed by atoms with E-state index in [0.29, 0.717) is 18.6 Å². The van der Waals surface area contributed by atoms with Crippen molar-refractivity contribution >= 4 is 22.3 Å². The number of benzene rings is 2. The molecule has 1 aromatic heterocycles. The zero-order chi connectivity index (χ0) is 19.8. The Labute approximate surface area is 171 Å². The molecule has 0 aliphatic carbocycles. The van der Waals surface area contributed by atoms with Crippen molar-refractivity contribution in [1.82, 2.24) is 10.2 Å². The third-order valence-electron chi connectivity index (χ3n) is 6.42. The Morgan fingerprint density at radius 3 is 2.76 bits per heavy atom. The van der Waals surface area contributed by atoms with Gasteiger partial charge in [0.25, 0.3) is 0 Å². The van der Waals surface area contributed by atoms with Crippen molar-refractivity contribution in [3.63, 3.8) is 0 Å². The maximum absolute atomic E-state index is 11.7. The van der Waals surface area contributed by atoms with Gasteiger partial charge in [0.2, 0.25) is 5.91 Å². The Morgan fingerprint density at radius 2 is 1.97 bits per heavy atom. The van der Waals surface area contributed by atoms with Crippen LogP contribution in [-0.4, -0.2) is 29.4 Å². The summed E-state index contributed by atoms with van der Waals surface area (Å²) in [5.74, 6) is 1.03. The fourth-order valence-corrected chi connectivity index (χ4v) is 5.04. The summed E-state index contributed by atoms with van der Waals surface area (Å²) in [4.78, 5) is 14.3. The van der Waals surface area contributed by atoms with Crippen LogP contribution in [0.25, 0.3) is 16.3 Å². The predicted molar refractivity (Wildman–Crippen MR) is 115 cm³/mol. The molecule has 0 saturated carbocycles. The second-order valence-electron chi connectivity index (χ2n) is 8.18. The second kappa shape index (κ2) is 7.53. The van der Waals surface area contributed by atoms with Crippen molar-refractivity contribution in [1.29, 1.82) is 0 Å². The van der Waals surface area contributed by atoms with Crippen molar-refractivity contribution in [2.24, 2.45) is 0 Å². The second-order valence-corrected chi connectivity index (χ2v) is 8.18. The molecule has 0 unspecified atom stereocenters. The molecule has 1 N–H and O–H groups in total. The first-order valence-corrected chi connectivity index (χ1v) is 10.4. The average Bonchev–Trinajstić information content (AvgIpc) is 3.33. The Balaban J connectivity index is 1.54. The minimum atomic E-state index is 0.0214. The molecule has 4 nitrogen and oxygen atoms in total. The zero-order valence-electron chi connectivity index (χ0n) is 16.7. The highest BCUT2D eigenvalue weighted by Crippen LogP contribution is 2.44. The van der Waals surface area contributed by atoms with Gasteiger partial charge < -0.3 is 9.73 Å². The number of hydrogen-bond donors (Lipinski definition) is 1. The molecule has 2 aromatic carbocycles. The van der Waals surface area contributed by atoms with Gasteiger partial charge in [-0.05, 0) is 64.9 Å². The van der Waals surface area contributed by atoms with Crippen LogP contribution in [0.2, 0.25) is 0 Å². The number of carbonyl (C=O) groups excluding carboxylic acids is 1. The number of fused-ring (bicyclic) bond motifs is 3. The van der Waals surface area contributed by atoms with E-state index in [0.717, 1.165) is 25.1 Å². The fraction of sp³-hybridized carbons (Fsp3) is 0.320. The Hall–Kier alpha value is -2.85. The fourth-order valence-electron chi connectivity index (χ4n) is 5.04. The average molecular weight is 386 g/mol. The smallest absolute Gasteiger partial charge is 0.217 e. The van der Waals surface area contributed by atoms with Crippen molar-refractivity contribution < 1.29 is 9.21 Å². The maximum Gasteiger partial charge on any atom is 0.217 e. The Bertz CT molecular complexity index is 1070. The van der Waals surface area contributed by atoms with E-state index in [1.165, 1.54) is 33.9 Å². The van der Waals surface area contributed by atoms with Crippen LogP contribution in [0.5, 0.6) is 0 Å². The van der Waals surface area contributed by atoms with Crippen molar-refractivity contribution in [2.45, 2.75) is 44.8 Å². The standard InChI is InChI=1S/C25H26N2O2/c1-17(28)26-15-24-23(20-9-8-18-5-2-3-6-19(18)13-20)14-21-10-11-25(24)27(21)16-22-7-4-12-29-22/h2-9,12-13,21,25H,10-11,14-16H2,1H3,(H,26,28)/t21-,25+/m0/s1. The van der Waals surface area contributed by atoms with Gasteiger partial charge >= 0.3 is 0 Å². The summed E-state index contributed by atoms with van der Waals surface area (Å²) in [6.07, 6.45) is 5.09. The van der Waals surface area contributed by atoms with E-state index in [4.69, 9.17) is 4.42 Å². The van der Waals surface area contributed by atoms with E-state index in [1.54, 1.807) is 13.2 Å². The molecule has 5 rings (SSSR count). The van der Waals surface area contributed by atoms with E-state index >= 15 is 0 Å². The molecule has 1 fully saturated rings. The molecular weight excluding hydrogens is 360 g/mol. The zero-order valence-corrected chi connectivity index (χ0v) is 16.7. The molecule has 2 aliphatic rings. The highest BCUT2D eigenvalue weighted by Gasteiger charge is 2.41. The van der Waals surface area contributed by atoms with Crippen LogP contribution in [0.1, 0.15) is 37.5 Å². The molecule has 2 atom stereocenters. The Kier molecular flexibility index (Phi) is 4.72. The van der Waals surface area contributed by atoms with Gasteiger partial charge in [-0.25, -0.2) is 0 Å². The van der Waals surface area contributed by atoms with E-state index in [1.807, 2.05) is 6.07 Å². The molecule has 2 bridgehead atoms. The van der Waals surface area contributed by atoms with E-state index in [9.17, 15) is 4.79 Å². The molecular formula is C25H26N2O2. The minimum absolute atomic E-state index is 0.0214. The first kappa shape index (κ1) is 18.2. The molecule has 3 heterocycles. The molecule has 4 heteroatoms. The summed E-state index contributed by atoms with van der Waals surface area (Å²) in [6.45, 7) is 3.04. The van der Waals surface area contributed by atoms with Crippen molar-refractivity contribution in [3.8, 4) is 0 Å². The number of rotatable bonds is 5. The van der Waals surface area contributed by atoms with Gasteiger partial charge in [0.05, 0.1) is 12.8 Å². The van der Waals surface area contributed by atoms with Crippen LogP contribution < -0.4 is 5.32 Å². The number of nitrogens with one attached hydrogen (secondary N) is 1. The minimum Gasteiger partial charge on any atom is -0.468 e. The highest BCUT2D eigenvalue weighted by molar-refractivity contribution is 5.87. The lowest BCUT2D eigenvalue weighted by atomic mass is 9.87. The van der Waals surface area contributed by atoms with Gasteiger partial charge in [-0.15, -0.1) is 0 Å². The lowest BCUT2D eigenvalue weighted by Gasteiger charge is -2.38. The lowest BCUT2D eigenvalue weighted by Crippen LogP contribution is -2.43.